The second-order valence-corrected chi connectivity index (χ2v) is 4.08. The van der Waals surface area contributed by atoms with Gasteiger partial charge in [-0.2, -0.15) is 0 Å². The summed E-state index contributed by atoms with van der Waals surface area (Å²) in [6.45, 7) is 0.637. The van der Waals surface area contributed by atoms with Crippen LogP contribution in [0, 0.1) is 0 Å². The molecule has 0 unspecified atom stereocenters. The number of furan rings is 1. The van der Waals surface area contributed by atoms with Crippen molar-refractivity contribution >= 4 is 17.3 Å². The minimum Gasteiger partial charge on any atom is -0.495 e. The standard InChI is InChI=1S/C13H14ClNO3/c1-16-12-6-11(13(17-2)5-10(12)14)15-7-9-3-4-18-8-9/h3-6,8,15H,7H2,1-2H3. The third-order valence-electron chi connectivity index (χ3n) is 2.54. The topological polar surface area (TPSA) is 43.6 Å². The summed E-state index contributed by atoms with van der Waals surface area (Å²) >= 11 is 6.03. The summed E-state index contributed by atoms with van der Waals surface area (Å²) in [6.07, 6.45) is 3.32. The molecule has 1 heterocycles. The molecular formula is C13H14ClNO3. The Bertz CT molecular complexity index is 511. The van der Waals surface area contributed by atoms with E-state index < -0.39 is 0 Å². The third kappa shape index (κ3) is 2.71. The molecule has 0 fully saturated rings. The van der Waals surface area contributed by atoms with Gasteiger partial charge in [0.1, 0.15) is 11.5 Å². The van der Waals surface area contributed by atoms with E-state index in [1.165, 1.54) is 0 Å². The molecule has 18 heavy (non-hydrogen) atoms. The molecule has 0 radical (unpaired) electrons. The van der Waals surface area contributed by atoms with Gasteiger partial charge < -0.3 is 19.2 Å². The van der Waals surface area contributed by atoms with Crippen molar-refractivity contribution in [2.45, 2.75) is 6.54 Å². The van der Waals surface area contributed by atoms with E-state index in [1.807, 2.05) is 6.07 Å². The van der Waals surface area contributed by atoms with Crippen LogP contribution in [-0.2, 0) is 6.54 Å². The van der Waals surface area contributed by atoms with Crippen LogP contribution in [0.5, 0.6) is 11.5 Å². The number of anilines is 1. The normalized spacial score (nSPS) is 10.2. The fourth-order valence-corrected chi connectivity index (χ4v) is 1.82. The van der Waals surface area contributed by atoms with Gasteiger partial charge in [0.15, 0.2) is 0 Å². The largest absolute Gasteiger partial charge is 0.495 e. The summed E-state index contributed by atoms with van der Waals surface area (Å²) in [5.41, 5.74) is 1.87. The summed E-state index contributed by atoms with van der Waals surface area (Å²) in [6, 6.07) is 5.42. The van der Waals surface area contributed by atoms with Crippen molar-refractivity contribution in [3.8, 4) is 11.5 Å². The Morgan fingerprint density at radius 3 is 2.61 bits per heavy atom. The van der Waals surface area contributed by atoms with Gasteiger partial charge in [-0.3, -0.25) is 0 Å². The molecule has 0 bridgehead atoms. The second-order valence-electron chi connectivity index (χ2n) is 3.67. The van der Waals surface area contributed by atoms with Crippen molar-refractivity contribution in [2.75, 3.05) is 19.5 Å². The van der Waals surface area contributed by atoms with Crippen LogP contribution in [0.3, 0.4) is 0 Å². The Morgan fingerprint density at radius 1 is 1.22 bits per heavy atom. The molecule has 0 saturated carbocycles. The van der Waals surface area contributed by atoms with Crippen LogP contribution < -0.4 is 14.8 Å². The van der Waals surface area contributed by atoms with Crippen molar-refractivity contribution < 1.29 is 13.9 Å². The van der Waals surface area contributed by atoms with Gasteiger partial charge in [0.2, 0.25) is 0 Å². The maximum absolute atomic E-state index is 6.03. The van der Waals surface area contributed by atoms with Crippen LogP contribution >= 0.6 is 11.6 Å². The number of methoxy groups -OCH3 is 2. The number of hydrogen-bond donors (Lipinski definition) is 1. The first kappa shape index (κ1) is 12.6. The molecule has 2 aromatic rings. The number of rotatable bonds is 5. The van der Waals surface area contributed by atoms with Crippen molar-refractivity contribution in [3.05, 3.63) is 41.3 Å². The van der Waals surface area contributed by atoms with Gasteiger partial charge in [-0.1, -0.05) is 11.6 Å². The molecule has 5 heteroatoms. The van der Waals surface area contributed by atoms with E-state index in [0.717, 1.165) is 11.3 Å². The lowest BCUT2D eigenvalue weighted by molar-refractivity contribution is 0.404. The smallest absolute Gasteiger partial charge is 0.143 e. The number of benzene rings is 1. The number of halogens is 1. The monoisotopic (exact) mass is 267 g/mol. The van der Waals surface area contributed by atoms with E-state index in [2.05, 4.69) is 5.32 Å². The lowest BCUT2D eigenvalue weighted by Gasteiger charge is -2.13. The highest BCUT2D eigenvalue weighted by Gasteiger charge is 2.09. The van der Waals surface area contributed by atoms with E-state index in [0.29, 0.717) is 23.1 Å². The average Bonchev–Trinajstić information content (AvgIpc) is 2.90. The molecule has 0 aliphatic rings. The molecule has 0 amide bonds. The van der Waals surface area contributed by atoms with Crippen molar-refractivity contribution in [3.63, 3.8) is 0 Å². The first-order chi connectivity index (χ1) is 8.74. The predicted molar refractivity (Wildman–Crippen MR) is 70.6 cm³/mol. The van der Waals surface area contributed by atoms with Crippen molar-refractivity contribution in [1.82, 2.24) is 0 Å². The van der Waals surface area contributed by atoms with E-state index in [-0.39, 0.29) is 0 Å². The van der Waals surface area contributed by atoms with Gasteiger partial charge in [0, 0.05) is 24.2 Å². The zero-order valence-electron chi connectivity index (χ0n) is 10.2. The molecule has 1 aromatic heterocycles. The molecule has 2 rings (SSSR count). The number of hydrogen-bond acceptors (Lipinski definition) is 4. The van der Waals surface area contributed by atoms with Gasteiger partial charge in [-0.25, -0.2) is 0 Å². The van der Waals surface area contributed by atoms with Gasteiger partial charge in [-0.05, 0) is 6.07 Å². The van der Waals surface area contributed by atoms with Gasteiger partial charge in [0.25, 0.3) is 0 Å². The number of ether oxygens (including phenoxy) is 2. The SMILES string of the molecule is COc1cc(NCc2ccoc2)c(OC)cc1Cl. The van der Waals surface area contributed by atoms with E-state index in [9.17, 15) is 0 Å². The molecule has 1 N–H and O–H groups in total. The summed E-state index contributed by atoms with van der Waals surface area (Å²) in [4.78, 5) is 0. The minimum absolute atomic E-state index is 0.517. The molecule has 0 saturated heterocycles. The molecule has 0 aliphatic carbocycles. The molecule has 4 nitrogen and oxygen atoms in total. The Morgan fingerprint density at radius 2 is 2.00 bits per heavy atom. The lowest BCUT2D eigenvalue weighted by Crippen LogP contribution is -2.01. The molecule has 96 valence electrons. The van der Waals surface area contributed by atoms with Gasteiger partial charge in [0.05, 0.1) is 37.5 Å². The first-order valence-corrected chi connectivity index (χ1v) is 5.79. The van der Waals surface area contributed by atoms with Crippen LogP contribution in [0.1, 0.15) is 5.56 Å². The van der Waals surface area contributed by atoms with E-state index in [1.54, 1.807) is 38.9 Å². The zero-order valence-corrected chi connectivity index (χ0v) is 11.0. The highest BCUT2D eigenvalue weighted by atomic mass is 35.5. The van der Waals surface area contributed by atoms with Crippen LogP contribution in [0.25, 0.3) is 0 Å². The molecule has 1 aromatic carbocycles. The fourth-order valence-electron chi connectivity index (χ4n) is 1.59. The maximum Gasteiger partial charge on any atom is 0.143 e. The quantitative estimate of drug-likeness (QED) is 0.900. The average molecular weight is 268 g/mol. The molecule has 0 spiro atoms. The van der Waals surface area contributed by atoms with Crippen LogP contribution in [0.4, 0.5) is 5.69 Å². The molecular weight excluding hydrogens is 254 g/mol. The lowest BCUT2D eigenvalue weighted by atomic mass is 10.2. The molecule has 0 aliphatic heterocycles. The van der Waals surface area contributed by atoms with Crippen LogP contribution in [-0.4, -0.2) is 14.2 Å². The summed E-state index contributed by atoms with van der Waals surface area (Å²) in [7, 11) is 3.18. The van der Waals surface area contributed by atoms with E-state index in [4.69, 9.17) is 25.5 Å². The second kappa shape index (κ2) is 5.69. The molecule has 0 atom stereocenters. The predicted octanol–water partition coefficient (Wildman–Crippen LogP) is 3.56. The Labute approximate surface area is 110 Å². The highest BCUT2D eigenvalue weighted by Crippen LogP contribution is 2.36. The van der Waals surface area contributed by atoms with Crippen LogP contribution in [0.2, 0.25) is 5.02 Å². The van der Waals surface area contributed by atoms with Gasteiger partial charge >= 0.3 is 0 Å². The van der Waals surface area contributed by atoms with Gasteiger partial charge in [-0.15, -0.1) is 0 Å². The Balaban J connectivity index is 2.19. The Hall–Kier alpha value is -1.81. The van der Waals surface area contributed by atoms with Crippen LogP contribution in [0.15, 0.2) is 35.1 Å². The summed E-state index contributed by atoms with van der Waals surface area (Å²) < 4.78 is 15.5. The number of nitrogens with one attached hydrogen (secondary N) is 1. The van der Waals surface area contributed by atoms with E-state index >= 15 is 0 Å². The summed E-state index contributed by atoms with van der Waals surface area (Å²) in [5, 5.41) is 3.76. The zero-order chi connectivity index (χ0) is 13.0. The highest BCUT2D eigenvalue weighted by molar-refractivity contribution is 6.32. The van der Waals surface area contributed by atoms with Crippen molar-refractivity contribution in [1.29, 1.82) is 0 Å². The minimum atomic E-state index is 0.517. The summed E-state index contributed by atoms with van der Waals surface area (Å²) in [5.74, 6) is 1.27. The fraction of sp³-hybridized carbons (Fsp3) is 0.231. The third-order valence-corrected chi connectivity index (χ3v) is 2.83. The Kier molecular flexibility index (Phi) is 3.99. The maximum atomic E-state index is 6.03. The first-order valence-electron chi connectivity index (χ1n) is 5.41. The van der Waals surface area contributed by atoms with Crippen molar-refractivity contribution in [2.24, 2.45) is 0 Å².